The number of aromatic nitrogens is 1. The first kappa shape index (κ1) is 18.5. The van der Waals surface area contributed by atoms with Gasteiger partial charge in [0.15, 0.2) is 0 Å². The Morgan fingerprint density at radius 1 is 1.14 bits per heavy atom. The quantitative estimate of drug-likeness (QED) is 0.610. The third-order valence-corrected chi connectivity index (χ3v) is 5.54. The summed E-state index contributed by atoms with van der Waals surface area (Å²) in [5.41, 5.74) is 5.81. The van der Waals surface area contributed by atoms with Gasteiger partial charge in [-0.05, 0) is 54.0 Å². The molecular formula is C24H27N3O. The normalized spacial score (nSPS) is 16.1. The number of urea groups is 1. The molecule has 144 valence electrons. The van der Waals surface area contributed by atoms with Crippen molar-refractivity contribution in [1.29, 1.82) is 0 Å². The van der Waals surface area contributed by atoms with Crippen molar-refractivity contribution < 1.29 is 4.79 Å². The minimum atomic E-state index is -0.167. The molecule has 0 bridgehead atoms. The lowest BCUT2D eigenvalue weighted by Crippen LogP contribution is -2.31. The first-order chi connectivity index (χ1) is 13.3. The number of aryl methyl sites for hydroxylation is 2. The van der Waals surface area contributed by atoms with Crippen LogP contribution in [0.25, 0.3) is 10.8 Å². The van der Waals surface area contributed by atoms with E-state index >= 15 is 0 Å². The SMILES string of the molecule is Cc1cc2c(NC(=O)N[C@@H]3CCc4cc(C(C)(C)C)ccc43)cccc2cn1. The van der Waals surface area contributed by atoms with Crippen molar-refractivity contribution in [1.82, 2.24) is 10.3 Å². The van der Waals surface area contributed by atoms with Gasteiger partial charge in [0.2, 0.25) is 0 Å². The van der Waals surface area contributed by atoms with Gasteiger partial charge < -0.3 is 10.6 Å². The molecule has 0 unspecified atom stereocenters. The van der Waals surface area contributed by atoms with E-state index in [2.05, 4.69) is 54.6 Å². The molecule has 4 heteroatoms. The summed E-state index contributed by atoms with van der Waals surface area (Å²) < 4.78 is 0. The second kappa shape index (κ2) is 6.93. The second-order valence-electron chi connectivity index (χ2n) is 8.71. The Bertz CT molecular complexity index is 1050. The van der Waals surface area contributed by atoms with Crippen LogP contribution in [0.2, 0.25) is 0 Å². The number of anilines is 1. The fourth-order valence-electron chi connectivity index (χ4n) is 3.93. The summed E-state index contributed by atoms with van der Waals surface area (Å²) in [6.45, 7) is 8.65. The summed E-state index contributed by atoms with van der Waals surface area (Å²) in [6.07, 6.45) is 3.78. The zero-order chi connectivity index (χ0) is 19.9. The highest BCUT2D eigenvalue weighted by molar-refractivity contribution is 6.01. The third-order valence-electron chi connectivity index (χ3n) is 5.54. The molecular weight excluding hydrogens is 346 g/mol. The van der Waals surface area contributed by atoms with Gasteiger partial charge in [-0.25, -0.2) is 4.79 Å². The molecule has 1 aromatic heterocycles. The average Bonchev–Trinajstić information content (AvgIpc) is 3.03. The summed E-state index contributed by atoms with van der Waals surface area (Å²) in [4.78, 5) is 17.0. The number of carbonyl (C=O) groups is 1. The highest BCUT2D eigenvalue weighted by atomic mass is 16.2. The fourth-order valence-corrected chi connectivity index (χ4v) is 3.93. The minimum Gasteiger partial charge on any atom is -0.331 e. The van der Waals surface area contributed by atoms with E-state index in [0.717, 1.165) is 35.0 Å². The lowest BCUT2D eigenvalue weighted by atomic mass is 9.85. The van der Waals surface area contributed by atoms with Crippen LogP contribution in [0.1, 0.15) is 55.6 Å². The van der Waals surface area contributed by atoms with E-state index in [1.54, 1.807) is 0 Å². The lowest BCUT2D eigenvalue weighted by Gasteiger charge is -2.21. The molecule has 0 spiro atoms. The van der Waals surface area contributed by atoms with E-state index in [9.17, 15) is 4.79 Å². The molecule has 1 aliphatic rings. The molecule has 2 aromatic carbocycles. The molecule has 4 rings (SSSR count). The van der Waals surface area contributed by atoms with Gasteiger partial charge >= 0.3 is 6.03 Å². The van der Waals surface area contributed by atoms with Crippen molar-refractivity contribution >= 4 is 22.5 Å². The Kier molecular flexibility index (Phi) is 4.58. The van der Waals surface area contributed by atoms with Crippen LogP contribution < -0.4 is 10.6 Å². The summed E-state index contributed by atoms with van der Waals surface area (Å²) in [7, 11) is 0. The lowest BCUT2D eigenvalue weighted by molar-refractivity contribution is 0.248. The molecule has 2 N–H and O–H groups in total. The van der Waals surface area contributed by atoms with Gasteiger partial charge in [-0.2, -0.15) is 0 Å². The molecule has 1 atom stereocenters. The highest BCUT2D eigenvalue weighted by Gasteiger charge is 2.26. The molecule has 4 nitrogen and oxygen atoms in total. The van der Waals surface area contributed by atoms with Gasteiger partial charge in [-0.1, -0.05) is 51.1 Å². The van der Waals surface area contributed by atoms with Gasteiger partial charge in [-0.15, -0.1) is 0 Å². The summed E-state index contributed by atoms with van der Waals surface area (Å²) in [5.74, 6) is 0. The van der Waals surface area contributed by atoms with Crippen molar-refractivity contribution in [2.75, 3.05) is 5.32 Å². The Balaban J connectivity index is 1.51. The first-order valence-electron chi connectivity index (χ1n) is 9.87. The van der Waals surface area contributed by atoms with Gasteiger partial charge in [0, 0.05) is 22.7 Å². The van der Waals surface area contributed by atoms with Crippen molar-refractivity contribution in [3.63, 3.8) is 0 Å². The molecule has 28 heavy (non-hydrogen) atoms. The van der Waals surface area contributed by atoms with E-state index in [4.69, 9.17) is 0 Å². The number of pyridine rings is 1. The molecule has 0 aliphatic heterocycles. The maximum absolute atomic E-state index is 12.7. The molecule has 3 aromatic rings. The van der Waals surface area contributed by atoms with Crippen LogP contribution in [-0.4, -0.2) is 11.0 Å². The number of rotatable bonds is 2. The number of fused-ring (bicyclic) bond motifs is 2. The Hall–Kier alpha value is -2.88. The molecule has 0 fully saturated rings. The molecule has 0 radical (unpaired) electrons. The van der Waals surface area contributed by atoms with Crippen molar-refractivity contribution in [2.24, 2.45) is 0 Å². The number of hydrogen-bond donors (Lipinski definition) is 2. The molecule has 2 amide bonds. The second-order valence-corrected chi connectivity index (χ2v) is 8.71. The van der Waals surface area contributed by atoms with Crippen LogP contribution in [0, 0.1) is 6.92 Å². The number of hydrogen-bond acceptors (Lipinski definition) is 2. The summed E-state index contributed by atoms with van der Waals surface area (Å²) in [5, 5.41) is 8.21. The average molecular weight is 374 g/mol. The predicted octanol–water partition coefficient (Wildman–Crippen LogP) is 5.65. The third kappa shape index (κ3) is 3.59. The maximum Gasteiger partial charge on any atom is 0.319 e. The number of carbonyl (C=O) groups excluding carboxylic acids is 1. The zero-order valence-electron chi connectivity index (χ0n) is 17.0. The van der Waals surface area contributed by atoms with Crippen molar-refractivity contribution in [3.05, 3.63) is 71.0 Å². The number of benzene rings is 2. The van der Waals surface area contributed by atoms with Crippen LogP contribution in [-0.2, 0) is 11.8 Å². The molecule has 1 aliphatic carbocycles. The number of nitrogens with zero attached hydrogens (tertiary/aromatic N) is 1. The van der Waals surface area contributed by atoms with Crippen LogP contribution in [0.4, 0.5) is 10.5 Å². The van der Waals surface area contributed by atoms with Crippen molar-refractivity contribution in [3.8, 4) is 0 Å². The van der Waals surface area contributed by atoms with E-state index in [-0.39, 0.29) is 17.5 Å². The first-order valence-corrected chi connectivity index (χ1v) is 9.87. The van der Waals surface area contributed by atoms with E-state index in [1.807, 2.05) is 37.4 Å². The zero-order valence-corrected chi connectivity index (χ0v) is 17.0. The van der Waals surface area contributed by atoms with Crippen LogP contribution >= 0.6 is 0 Å². The van der Waals surface area contributed by atoms with Crippen molar-refractivity contribution in [2.45, 2.75) is 52.0 Å². The summed E-state index contributed by atoms with van der Waals surface area (Å²) in [6, 6.07) is 14.4. The topological polar surface area (TPSA) is 54.0 Å². The van der Waals surface area contributed by atoms with E-state index in [0.29, 0.717) is 0 Å². The largest absolute Gasteiger partial charge is 0.331 e. The standard InChI is InChI=1S/C24H27N3O/c1-15-12-20-17(14-25-15)6-5-7-21(20)26-23(28)27-22-11-8-16-13-18(24(2,3)4)9-10-19(16)22/h5-7,9-10,12-14,22H,8,11H2,1-4H3,(H2,26,27,28)/t22-/m1/s1. The van der Waals surface area contributed by atoms with Gasteiger partial charge in [-0.3, -0.25) is 4.98 Å². The van der Waals surface area contributed by atoms with E-state index in [1.165, 1.54) is 16.7 Å². The predicted molar refractivity (Wildman–Crippen MR) is 115 cm³/mol. The van der Waals surface area contributed by atoms with Gasteiger partial charge in [0.1, 0.15) is 0 Å². The Morgan fingerprint density at radius 3 is 2.75 bits per heavy atom. The minimum absolute atomic E-state index is 0.0578. The van der Waals surface area contributed by atoms with Gasteiger partial charge in [0.25, 0.3) is 0 Å². The monoisotopic (exact) mass is 373 g/mol. The molecule has 0 saturated carbocycles. The Labute approximate surface area is 166 Å². The highest BCUT2D eigenvalue weighted by Crippen LogP contribution is 2.34. The van der Waals surface area contributed by atoms with Crippen LogP contribution in [0.15, 0.2) is 48.7 Å². The number of nitrogens with one attached hydrogen (secondary N) is 2. The van der Waals surface area contributed by atoms with Gasteiger partial charge in [0.05, 0.1) is 11.7 Å². The van der Waals surface area contributed by atoms with Crippen LogP contribution in [0.3, 0.4) is 0 Å². The molecule has 0 saturated heterocycles. The Morgan fingerprint density at radius 2 is 1.96 bits per heavy atom. The fraction of sp³-hybridized carbons (Fsp3) is 0.333. The smallest absolute Gasteiger partial charge is 0.319 e. The molecule has 1 heterocycles. The summed E-state index contributed by atoms with van der Waals surface area (Å²) >= 11 is 0. The van der Waals surface area contributed by atoms with Crippen LogP contribution in [0.5, 0.6) is 0 Å². The van der Waals surface area contributed by atoms with E-state index < -0.39 is 0 Å². The maximum atomic E-state index is 12.7. The number of amides is 2.